The standard InChI is InChI=1S/C24H18ClN3O5S/c1-3-26-22(29)19(23(30)27(24(26)34)17-8-6-16(25)7-9-17)13-18-10-11-21(33-18)15-5-4-14(2)20(12-15)28(31)32/h4-13H,3H2,1-2H3/b19-13+. The maximum atomic E-state index is 13.3. The van der Waals surface area contributed by atoms with Gasteiger partial charge in [-0.2, -0.15) is 0 Å². The maximum absolute atomic E-state index is 13.3. The monoisotopic (exact) mass is 495 g/mol. The number of amides is 2. The minimum Gasteiger partial charge on any atom is -0.457 e. The molecule has 10 heteroatoms. The summed E-state index contributed by atoms with van der Waals surface area (Å²) in [5.41, 5.74) is 1.35. The van der Waals surface area contributed by atoms with Crippen molar-refractivity contribution < 1.29 is 18.9 Å². The molecule has 0 radical (unpaired) electrons. The van der Waals surface area contributed by atoms with E-state index in [1.54, 1.807) is 62.4 Å². The van der Waals surface area contributed by atoms with E-state index in [0.717, 1.165) is 0 Å². The minimum absolute atomic E-state index is 0.0304. The molecular weight excluding hydrogens is 478 g/mol. The second kappa shape index (κ2) is 9.20. The molecular formula is C24H18ClN3O5S. The van der Waals surface area contributed by atoms with Crippen molar-refractivity contribution in [3.63, 3.8) is 0 Å². The number of thiocarbonyl (C=S) groups is 1. The predicted octanol–water partition coefficient (Wildman–Crippen LogP) is 5.38. The Balaban J connectivity index is 1.72. The minimum atomic E-state index is -0.592. The number of nitro groups is 1. The van der Waals surface area contributed by atoms with Crippen molar-refractivity contribution in [3.8, 4) is 11.3 Å². The van der Waals surface area contributed by atoms with Crippen LogP contribution in [-0.2, 0) is 9.59 Å². The molecule has 0 N–H and O–H groups in total. The van der Waals surface area contributed by atoms with E-state index in [4.69, 9.17) is 28.2 Å². The highest BCUT2D eigenvalue weighted by molar-refractivity contribution is 7.80. The van der Waals surface area contributed by atoms with E-state index in [-0.39, 0.29) is 28.7 Å². The lowest BCUT2D eigenvalue weighted by Crippen LogP contribution is -2.56. The molecule has 1 saturated heterocycles. The first-order chi connectivity index (χ1) is 16.2. The average molecular weight is 496 g/mol. The van der Waals surface area contributed by atoms with Gasteiger partial charge in [0.15, 0.2) is 5.11 Å². The largest absolute Gasteiger partial charge is 0.457 e. The highest BCUT2D eigenvalue weighted by atomic mass is 35.5. The first kappa shape index (κ1) is 23.3. The van der Waals surface area contributed by atoms with Crippen LogP contribution in [0.15, 0.2) is 64.6 Å². The Morgan fingerprint density at radius 1 is 1.09 bits per heavy atom. The quantitative estimate of drug-likeness (QED) is 0.155. The highest BCUT2D eigenvalue weighted by Gasteiger charge is 2.39. The zero-order valence-corrected chi connectivity index (χ0v) is 19.7. The molecule has 2 aromatic carbocycles. The number of benzene rings is 2. The Morgan fingerprint density at radius 2 is 1.79 bits per heavy atom. The zero-order chi connectivity index (χ0) is 24.6. The number of hydrogen-bond acceptors (Lipinski definition) is 6. The fraction of sp³-hybridized carbons (Fsp3) is 0.125. The molecule has 8 nitrogen and oxygen atoms in total. The van der Waals surface area contributed by atoms with Gasteiger partial charge in [0.1, 0.15) is 17.1 Å². The van der Waals surface area contributed by atoms with Crippen LogP contribution in [0.2, 0.25) is 5.02 Å². The zero-order valence-electron chi connectivity index (χ0n) is 18.1. The number of nitro benzene ring substituents is 1. The fourth-order valence-corrected chi connectivity index (χ4v) is 4.09. The third-order valence-electron chi connectivity index (χ3n) is 5.34. The van der Waals surface area contributed by atoms with E-state index in [2.05, 4.69) is 0 Å². The van der Waals surface area contributed by atoms with Gasteiger partial charge in [-0.1, -0.05) is 23.7 Å². The first-order valence-electron chi connectivity index (χ1n) is 10.2. The molecule has 4 rings (SSSR count). The second-order valence-electron chi connectivity index (χ2n) is 7.47. The molecule has 0 unspecified atom stereocenters. The summed E-state index contributed by atoms with van der Waals surface area (Å²) in [5.74, 6) is -0.518. The number of carbonyl (C=O) groups is 2. The Kier molecular flexibility index (Phi) is 6.32. The van der Waals surface area contributed by atoms with Crippen molar-refractivity contribution in [1.82, 2.24) is 4.90 Å². The van der Waals surface area contributed by atoms with E-state index < -0.39 is 16.7 Å². The number of likely N-dealkylation sites (N-methyl/N-ethyl adjacent to an activating group) is 1. The summed E-state index contributed by atoms with van der Waals surface area (Å²) < 4.78 is 5.81. The molecule has 172 valence electrons. The third kappa shape index (κ3) is 4.23. The number of hydrogen-bond donors (Lipinski definition) is 0. The fourth-order valence-electron chi connectivity index (χ4n) is 3.56. The lowest BCUT2D eigenvalue weighted by molar-refractivity contribution is -0.385. The summed E-state index contributed by atoms with van der Waals surface area (Å²) in [6, 6.07) is 14.5. The summed E-state index contributed by atoms with van der Waals surface area (Å²) in [6.07, 6.45) is 1.35. The number of aryl methyl sites for hydroxylation is 1. The van der Waals surface area contributed by atoms with Gasteiger partial charge in [0.25, 0.3) is 17.5 Å². The Morgan fingerprint density at radius 3 is 2.44 bits per heavy atom. The molecule has 0 spiro atoms. The Labute approximate surface area is 205 Å². The van der Waals surface area contributed by atoms with E-state index in [1.807, 2.05) is 0 Å². The van der Waals surface area contributed by atoms with Crippen LogP contribution in [0.25, 0.3) is 17.4 Å². The molecule has 2 amide bonds. The van der Waals surface area contributed by atoms with Crippen molar-refractivity contribution in [2.24, 2.45) is 0 Å². The molecule has 1 fully saturated rings. The molecule has 0 atom stereocenters. The smallest absolute Gasteiger partial charge is 0.273 e. The van der Waals surface area contributed by atoms with Crippen molar-refractivity contribution in [1.29, 1.82) is 0 Å². The number of nitrogens with zero attached hydrogens (tertiary/aromatic N) is 3. The van der Waals surface area contributed by atoms with Crippen molar-refractivity contribution in [2.45, 2.75) is 13.8 Å². The number of halogens is 1. The summed E-state index contributed by atoms with van der Waals surface area (Å²) in [7, 11) is 0. The van der Waals surface area contributed by atoms with Crippen LogP contribution in [0.3, 0.4) is 0 Å². The van der Waals surface area contributed by atoms with Gasteiger partial charge < -0.3 is 4.42 Å². The molecule has 1 aliphatic rings. The van der Waals surface area contributed by atoms with Gasteiger partial charge in [-0.15, -0.1) is 0 Å². The van der Waals surface area contributed by atoms with Crippen molar-refractivity contribution in [3.05, 3.63) is 86.6 Å². The number of anilines is 1. The SMILES string of the molecule is CCN1C(=O)/C(=C\c2ccc(-c3ccc(C)c([N+](=O)[O-])c3)o2)C(=O)N(c2ccc(Cl)cc2)C1=S. The predicted molar refractivity (Wildman–Crippen MR) is 132 cm³/mol. The van der Waals surface area contributed by atoms with Crippen LogP contribution in [0, 0.1) is 17.0 Å². The molecule has 0 saturated carbocycles. The molecule has 1 aliphatic heterocycles. The number of furan rings is 1. The summed E-state index contributed by atoms with van der Waals surface area (Å²) in [5, 5.41) is 11.8. The molecule has 2 heterocycles. The van der Waals surface area contributed by atoms with Gasteiger partial charge >= 0.3 is 0 Å². The number of carbonyl (C=O) groups excluding carboxylic acids is 2. The topological polar surface area (TPSA) is 96.9 Å². The van der Waals surface area contributed by atoms with Gasteiger partial charge in [0.2, 0.25) is 0 Å². The maximum Gasteiger partial charge on any atom is 0.273 e. The van der Waals surface area contributed by atoms with E-state index >= 15 is 0 Å². The molecule has 0 aliphatic carbocycles. The van der Waals surface area contributed by atoms with Gasteiger partial charge in [-0.25, -0.2) is 0 Å². The average Bonchev–Trinajstić information content (AvgIpc) is 3.27. The van der Waals surface area contributed by atoms with E-state index in [0.29, 0.717) is 27.6 Å². The Hall–Kier alpha value is -3.82. The van der Waals surface area contributed by atoms with Crippen molar-refractivity contribution >= 4 is 58.2 Å². The molecule has 34 heavy (non-hydrogen) atoms. The number of rotatable bonds is 5. The molecule has 0 bridgehead atoms. The van der Waals surface area contributed by atoms with Crippen LogP contribution in [-0.4, -0.2) is 33.3 Å². The van der Waals surface area contributed by atoms with E-state index in [1.165, 1.54) is 21.9 Å². The van der Waals surface area contributed by atoms with Crippen molar-refractivity contribution in [2.75, 3.05) is 11.4 Å². The lowest BCUT2D eigenvalue weighted by atomic mass is 10.1. The summed E-state index contributed by atoms with van der Waals surface area (Å²) in [4.78, 5) is 39.7. The molecule has 1 aromatic heterocycles. The third-order valence-corrected chi connectivity index (χ3v) is 5.99. The van der Waals surface area contributed by atoms with Gasteiger partial charge in [-0.3, -0.25) is 29.5 Å². The summed E-state index contributed by atoms with van der Waals surface area (Å²) in [6.45, 7) is 3.67. The van der Waals surface area contributed by atoms with Gasteiger partial charge in [0, 0.05) is 28.8 Å². The van der Waals surface area contributed by atoms with Gasteiger partial charge in [0.05, 0.1) is 10.6 Å². The van der Waals surface area contributed by atoms with E-state index in [9.17, 15) is 19.7 Å². The van der Waals surface area contributed by atoms with Crippen LogP contribution in [0.4, 0.5) is 11.4 Å². The van der Waals surface area contributed by atoms with Gasteiger partial charge in [-0.05, 0) is 68.5 Å². The van der Waals surface area contributed by atoms with Crippen LogP contribution in [0.1, 0.15) is 18.2 Å². The Bertz CT molecular complexity index is 1360. The van der Waals surface area contributed by atoms with Crippen LogP contribution < -0.4 is 4.90 Å². The first-order valence-corrected chi connectivity index (χ1v) is 11.0. The second-order valence-corrected chi connectivity index (χ2v) is 8.27. The van der Waals surface area contributed by atoms with Crippen LogP contribution in [0.5, 0.6) is 0 Å². The highest BCUT2D eigenvalue weighted by Crippen LogP contribution is 2.31. The summed E-state index contributed by atoms with van der Waals surface area (Å²) >= 11 is 11.4. The molecule has 3 aromatic rings. The normalized spacial score (nSPS) is 15.4. The lowest BCUT2D eigenvalue weighted by Gasteiger charge is -2.35. The van der Waals surface area contributed by atoms with Crippen LogP contribution >= 0.6 is 23.8 Å².